The van der Waals surface area contributed by atoms with E-state index in [0.29, 0.717) is 5.69 Å². The summed E-state index contributed by atoms with van der Waals surface area (Å²) in [5.74, 6) is 0. The highest BCUT2D eigenvalue weighted by atomic mass is 35.5. The van der Waals surface area contributed by atoms with E-state index >= 15 is 0 Å². The van der Waals surface area contributed by atoms with Crippen LogP contribution in [0.15, 0.2) is 12.1 Å². The fraction of sp³-hybridized carbons (Fsp3) is 0.444. The quantitative estimate of drug-likeness (QED) is 0.440. The van der Waals surface area contributed by atoms with Crippen LogP contribution in [0.2, 0.25) is 5.15 Å². The number of aromatic nitrogens is 1. The molecule has 0 aliphatic carbocycles. The minimum atomic E-state index is -0.455. The molecule has 1 aromatic rings. The van der Waals surface area contributed by atoms with Gasteiger partial charge in [-0.1, -0.05) is 24.9 Å². The molecule has 0 aliphatic heterocycles. The van der Waals surface area contributed by atoms with Gasteiger partial charge in [-0.2, -0.15) is 0 Å². The third-order valence-corrected chi connectivity index (χ3v) is 2.02. The van der Waals surface area contributed by atoms with E-state index in [1.54, 1.807) is 0 Å². The molecule has 0 aromatic carbocycles. The predicted molar refractivity (Wildman–Crippen MR) is 54.5 cm³/mol. The molecule has 0 atom stereocenters. The molecule has 0 aliphatic rings. The Morgan fingerprint density at radius 3 is 2.86 bits per heavy atom. The smallest absolute Gasteiger partial charge is 0.258 e. The average molecular weight is 215 g/mol. The zero-order chi connectivity index (χ0) is 10.6. The van der Waals surface area contributed by atoms with Crippen molar-refractivity contribution in [3.05, 3.63) is 33.1 Å². The molecule has 0 radical (unpaired) electrons. The van der Waals surface area contributed by atoms with Crippen LogP contribution in [0.5, 0.6) is 0 Å². The van der Waals surface area contributed by atoms with Crippen LogP contribution in [-0.4, -0.2) is 9.91 Å². The Morgan fingerprint density at radius 2 is 2.29 bits per heavy atom. The van der Waals surface area contributed by atoms with Gasteiger partial charge in [-0.3, -0.25) is 10.1 Å². The molecular formula is C9H11ClN2O2. The summed E-state index contributed by atoms with van der Waals surface area (Å²) in [5, 5.41) is 10.7. The first-order valence-electron chi connectivity index (χ1n) is 4.44. The van der Waals surface area contributed by atoms with Gasteiger partial charge in [-0.05, 0) is 12.8 Å². The summed E-state index contributed by atoms with van der Waals surface area (Å²) in [7, 11) is 0. The van der Waals surface area contributed by atoms with Crippen LogP contribution in [0.25, 0.3) is 0 Å². The van der Waals surface area contributed by atoms with Crippen molar-refractivity contribution in [1.29, 1.82) is 0 Å². The molecule has 0 fully saturated rings. The van der Waals surface area contributed by atoms with Crippen molar-refractivity contribution in [3.8, 4) is 0 Å². The van der Waals surface area contributed by atoms with E-state index in [1.807, 2.05) is 0 Å². The van der Waals surface area contributed by atoms with Crippen molar-refractivity contribution in [2.24, 2.45) is 0 Å². The normalized spacial score (nSPS) is 10.1. The first-order chi connectivity index (χ1) is 6.63. The Kier molecular flexibility index (Phi) is 3.83. The minimum Gasteiger partial charge on any atom is -0.258 e. The molecule has 76 valence electrons. The summed E-state index contributed by atoms with van der Waals surface area (Å²) in [6, 6.07) is 2.73. The molecule has 0 spiro atoms. The van der Waals surface area contributed by atoms with E-state index in [9.17, 15) is 10.1 Å². The zero-order valence-corrected chi connectivity index (χ0v) is 8.62. The molecule has 0 unspecified atom stereocenters. The summed E-state index contributed by atoms with van der Waals surface area (Å²) in [6.07, 6.45) is 2.73. The molecule has 14 heavy (non-hydrogen) atoms. The van der Waals surface area contributed by atoms with Crippen LogP contribution in [0.3, 0.4) is 0 Å². The van der Waals surface area contributed by atoms with Crippen LogP contribution in [0.4, 0.5) is 5.69 Å². The highest BCUT2D eigenvalue weighted by Gasteiger charge is 2.09. The lowest BCUT2D eigenvalue weighted by atomic mass is 10.2. The van der Waals surface area contributed by atoms with Gasteiger partial charge in [0.25, 0.3) is 5.69 Å². The van der Waals surface area contributed by atoms with E-state index in [2.05, 4.69) is 11.9 Å². The molecular weight excluding hydrogens is 204 g/mol. The van der Waals surface area contributed by atoms with Gasteiger partial charge in [0, 0.05) is 11.8 Å². The maximum Gasteiger partial charge on any atom is 0.274 e. The lowest BCUT2D eigenvalue weighted by Gasteiger charge is -1.99. The van der Waals surface area contributed by atoms with Crippen LogP contribution in [0, 0.1) is 10.1 Å². The number of nitro groups is 1. The number of hydrogen-bond donors (Lipinski definition) is 0. The molecule has 4 nitrogen and oxygen atoms in total. The van der Waals surface area contributed by atoms with Gasteiger partial charge in [0.15, 0.2) is 0 Å². The van der Waals surface area contributed by atoms with Crippen molar-refractivity contribution in [2.75, 3.05) is 0 Å². The number of pyridine rings is 1. The van der Waals surface area contributed by atoms with E-state index in [1.165, 1.54) is 12.1 Å². The number of hydrogen-bond acceptors (Lipinski definition) is 3. The number of rotatable bonds is 4. The second-order valence-corrected chi connectivity index (χ2v) is 3.39. The lowest BCUT2D eigenvalue weighted by molar-refractivity contribution is -0.385. The molecule has 0 amide bonds. The van der Waals surface area contributed by atoms with Crippen molar-refractivity contribution < 1.29 is 4.92 Å². The largest absolute Gasteiger partial charge is 0.274 e. The van der Waals surface area contributed by atoms with Gasteiger partial charge in [-0.15, -0.1) is 0 Å². The van der Waals surface area contributed by atoms with Crippen molar-refractivity contribution in [1.82, 2.24) is 4.98 Å². The van der Waals surface area contributed by atoms with Gasteiger partial charge in [-0.25, -0.2) is 4.98 Å². The van der Waals surface area contributed by atoms with Gasteiger partial charge < -0.3 is 0 Å². The van der Waals surface area contributed by atoms with Crippen molar-refractivity contribution in [3.63, 3.8) is 0 Å². The SMILES string of the molecule is CCCCc1cc([N+](=O)[O-])cc(Cl)n1. The molecule has 0 N–H and O–H groups in total. The highest BCUT2D eigenvalue weighted by Crippen LogP contribution is 2.18. The topological polar surface area (TPSA) is 56.0 Å². The summed E-state index contributed by atoms with van der Waals surface area (Å²) < 4.78 is 0. The third-order valence-electron chi connectivity index (χ3n) is 1.83. The van der Waals surface area contributed by atoms with Gasteiger partial charge in [0.05, 0.1) is 11.0 Å². The van der Waals surface area contributed by atoms with Gasteiger partial charge >= 0.3 is 0 Å². The first-order valence-corrected chi connectivity index (χ1v) is 4.82. The predicted octanol–water partition coefficient (Wildman–Crippen LogP) is 2.99. The molecule has 1 aromatic heterocycles. The highest BCUT2D eigenvalue weighted by molar-refractivity contribution is 6.29. The van der Waals surface area contributed by atoms with E-state index in [4.69, 9.17) is 11.6 Å². The number of nitrogens with zero attached hydrogens (tertiary/aromatic N) is 2. The Hall–Kier alpha value is -1.16. The number of unbranched alkanes of at least 4 members (excludes halogenated alkanes) is 1. The van der Waals surface area contributed by atoms with Crippen LogP contribution in [-0.2, 0) is 6.42 Å². The standard InChI is InChI=1S/C9H11ClN2O2/c1-2-3-4-7-5-8(12(13)14)6-9(10)11-7/h5-6H,2-4H2,1H3. The van der Waals surface area contributed by atoms with E-state index < -0.39 is 4.92 Å². The summed E-state index contributed by atoms with van der Waals surface area (Å²) in [5.41, 5.74) is 0.696. The summed E-state index contributed by atoms with van der Waals surface area (Å²) in [4.78, 5) is 14.1. The number of aryl methyl sites for hydroxylation is 1. The third kappa shape index (κ3) is 2.96. The minimum absolute atomic E-state index is 0.0103. The van der Waals surface area contributed by atoms with E-state index in [0.717, 1.165) is 19.3 Å². The molecule has 1 heterocycles. The van der Waals surface area contributed by atoms with E-state index in [-0.39, 0.29) is 10.8 Å². The molecule has 0 saturated heterocycles. The Bertz CT molecular complexity index is 342. The van der Waals surface area contributed by atoms with Crippen molar-refractivity contribution >= 4 is 17.3 Å². The van der Waals surface area contributed by atoms with Crippen molar-refractivity contribution in [2.45, 2.75) is 26.2 Å². The number of halogens is 1. The zero-order valence-electron chi connectivity index (χ0n) is 7.86. The summed E-state index contributed by atoms with van der Waals surface area (Å²) >= 11 is 5.66. The molecule has 5 heteroatoms. The Balaban J connectivity index is 2.89. The monoisotopic (exact) mass is 214 g/mol. The van der Waals surface area contributed by atoms with Gasteiger partial charge in [0.1, 0.15) is 5.15 Å². The van der Waals surface area contributed by atoms with Crippen LogP contribution in [0.1, 0.15) is 25.5 Å². The average Bonchev–Trinajstić information content (AvgIpc) is 2.14. The fourth-order valence-electron chi connectivity index (χ4n) is 1.13. The molecule has 0 bridgehead atoms. The van der Waals surface area contributed by atoms with Crippen LogP contribution < -0.4 is 0 Å². The summed E-state index contributed by atoms with van der Waals surface area (Å²) in [6.45, 7) is 2.05. The molecule has 0 saturated carbocycles. The Labute approximate surface area is 87.1 Å². The maximum atomic E-state index is 10.5. The fourth-order valence-corrected chi connectivity index (χ4v) is 1.35. The first kappa shape index (κ1) is 10.9. The maximum absolute atomic E-state index is 10.5. The van der Waals surface area contributed by atoms with Gasteiger partial charge in [0.2, 0.25) is 0 Å². The second-order valence-electron chi connectivity index (χ2n) is 3.00. The van der Waals surface area contributed by atoms with Crippen LogP contribution >= 0.6 is 11.6 Å². The molecule has 1 rings (SSSR count). The second kappa shape index (κ2) is 4.91. The Morgan fingerprint density at radius 1 is 1.57 bits per heavy atom. The lowest BCUT2D eigenvalue weighted by Crippen LogP contribution is -1.95.